The molecule has 0 bridgehead atoms. The van der Waals surface area contributed by atoms with Crippen molar-refractivity contribution < 1.29 is 47.0 Å². The summed E-state index contributed by atoms with van der Waals surface area (Å²) in [6.45, 7) is 7.32. The van der Waals surface area contributed by atoms with Gasteiger partial charge in [-0.25, -0.2) is 4.79 Å². The Balaban J connectivity index is 0.00000154. The fourth-order valence-corrected chi connectivity index (χ4v) is 4.47. The van der Waals surface area contributed by atoms with Crippen LogP contribution >= 0.6 is 0 Å². The number of carboxylic acid groups (broad SMARTS) is 1. The first-order valence-electron chi connectivity index (χ1n) is 15.7. The van der Waals surface area contributed by atoms with Crippen molar-refractivity contribution in [2.24, 2.45) is 22.4 Å². The van der Waals surface area contributed by atoms with Gasteiger partial charge in [0.2, 0.25) is 29.5 Å². The number of aliphatic carboxylic acids is 1. The molecule has 1 aliphatic heterocycles. The van der Waals surface area contributed by atoms with E-state index in [-0.39, 0.29) is 43.6 Å². The molecule has 1 aromatic rings. The van der Waals surface area contributed by atoms with Gasteiger partial charge in [-0.3, -0.25) is 29.0 Å². The number of amides is 5. The van der Waals surface area contributed by atoms with E-state index in [0.29, 0.717) is 31.4 Å². The number of rotatable bonds is 8. The minimum absolute atomic E-state index is 0.0924. The number of nitrogens with one attached hydrogen (secondary N) is 5. The fourth-order valence-electron chi connectivity index (χ4n) is 4.47. The molecule has 18 heteroatoms. The number of carbonyl (C=O) groups excluding carboxylic acids is 5. The standard InChI is InChI=1S/C29H46N8O5.C2HF3O2/c1-5-20-24(39)36-22(19-12-7-6-8-13-19)26(41)32-16-10-9-15-29(4,37-23(38)18(2)3)27(42)35-21(25(40)34-20)14-11-17-33-28(30)31;3-2(4,5)1(6)7/h6-8,12-13,18,20-22H,5,9-11,14-17H2,1-4H3,(H,32,41)(H,34,40)(H,35,42)(H,36,39)(H,37,38)(H4,30,31,33);(H,6,7). The first-order chi connectivity index (χ1) is 22.8. The lowest BCUT2D eigenvalue weighted by atomic mass is 9.91. The zero-order chi connectivity index (χ0) is 37.4. The van der Waals surface area contributed by atoms with Crippen LogP contribution in [0.3, 0.4) is 0 Å². The number of aliphatic imine (C=N–C) groups is 1. The van der Waals surface area contributed by atoms with Crippen LogP contribution in [0.4, 0.5) is 13.2 Å². The summed E-state index contributed by atoms with van der Waals surface area (Å²) in [4.78, 5) is 79.1. The Labute approximate surface area is 282 Å². The van der Waals surface area contributed by atoms with E-state index >= 15 is 0 Å². The number of nitrogens with two attached hydrogens (primary N) is 2. The number of carboxylic acids is 1. The predicted molar refractivity (Wildman–Crippen MR) is 173 cm³/mol. The number of halogens is 3. The highest BCUT2D eigenvalue weighted by atomic mass is 19.4. The van der Waals surface area contributed by atoms with Crippen LogP contribution in [0.25, 0.3) is 0 Å². The first-order valence-corrected chi connectivity index (χ1v) is 15.7. The average Bonchev–Trinajstić information content (AvgIpc) is 3.02. The largest absolute Gasteiger partial charge is 0.490 e. The SMILES string of the molecule is CCC1NC(=O)C(CCCN=C(N)N)NC(=O)C(C)(NC(=O)C(C)C)CCCCNC(=O)C(c2ccccc2)NC1=O.O=C(O)C(F)(F)F. The zero-order valence-corrected chi connectivity index (χ0v) is 28.0. The lowest BCUT2D eigenvalue weighted by molar-refractivity contribution is -0.192. The molecule has 0 saturated carbocycles. The van der Waals surface area contributed by atoms with Crippen LogP contribution in [0.1, 0.15) is 77.8 Å². The summed E-state index contributed by atoms with van der Waals surface area (Å²) in [6.07, 6.45) is -3.03. The maximum atomic E-state index is 13.6. The van der Waals surface area contributed by atoms with Crippen LogP contribution in [-0.4, -0.2) is 83.5 Å². The smallest absolute Gasteiger partial charge is 0.475 e. The molecule has 0 aliphatic carbocycles. The van der Waals surface area contributed by atoms with Gasteiger partial charge in [0.1, 0.15) is 23.7 Å². The van der Waals surface area contributed by atoms with Crippen molar-refractivity contribution in [3.05, 3.63) is 35.9 Å². The van der Waals surface area contributed by atoms with E-state index in [2.05, 4.69) is 31.6 Å². The number of guanidine groups is 1. The molecule has 49 heavy (non-hydrogen) atoms. The summed E-state index contributed by atoms with van der Waals surface area (Å²) < 4.78 is 31.7. The summed E-state index contributed by atoms with van der Waals surface area (Å²) in [5.74, 6) is -5.57. The third-order valence-electron chi connectivity index (χ3n) is 7.36. The summed E-state index contributed by atoms with van der Waals surface area (Å²) in [7, 11) is 0. The van der Waals surface area contributed by atoms with Gasteiger partial charge in [-0.1, -0.05) is 51.1 Å². The molecule has 0 radical (unpaired) electrons. The van der Waals surface area contributed by atoms with Crippen LogP contribution in [0, 0.1) is 5.92 Å². The van der Waals surface area contributed by atoms with Gasteiger partial charge in [0, 0.05) is 19.0 Å². The summed E-state index contributed by atoms with van der Waals surface area (Å²) in [5, 5.41) is 21.1. The Morgan fingerprint density at radius 1 is 1.00 bits per heavy atom. The number of benzene rings is 1. The van der Waals surface area contributed by atoms with E-state index in [1.165, 1.54) is 0 Å². The van der Waals surface area contributed by atoms with Gasteiger partial charge in [-0.2, -0.15) is 13.2 Å². The van der Waals surface area contributed by atoms with E-state index in [1.54, 1.807) is 52.0 Å². The number of hydrogen-bond acceptors (Lipinski definition) is 7. The van der Waals surface area contributed by atoms with Crippen LogP contribution in [0.2, 0.25) is 0 Å². The van der Waals surface area contributed by atoms with Gasteiger partial charge >= 0.3 is 12.1 Å². The number of alkyl halides is 3. The van der Waals surface area contributed by atoms with E-state index in [9.17, 15) is 37.1 Å². The molecule has 0 aromatic heterocycles. The molecule has 274 valence electrons. The van der Waals surface area contributed by atoms with E-state index < -0.39 is 59.4 Å². The van der Waals surface area contributed by atoms with Crippen molar-refractivity contribution in [2.75, 3.05) is 13.1 Å². The molecule has 1 saturated heterocycles. The van der Waals surface area contributed by atoms with Crippen molar-refractivity contribution in [1.29, 1.82) is 0 Å². The Morgan fingerprint density at radius 3 is 2.12 bits per heavy atom. The van der Waals surface area contributed by atoms with Crippen molar-refractivity contribution in [1.82, 2.24) is 26.6 Å². The molecule has 1 heterocycles. The summed E-state index contributed by atoms with van der Waals surface area (Å²) in [6, 6.07) is 5.86. The van der Waals surface area contributed by atoms with Gasteiger partial charge in [0.15, 0.2) is 5.96 Å². The molecule has 1 aromatic carbocycles. The lowest BCUT2D eigenvalue weighted by Gasteiger charge is -2.33. The van der Waals surface area contributed by atoms with E-state index in [0.717, 1.165) is 0 Å². The van der Waals surface area contributed by atoms with Crippen molar-refractivity contribution in [3.63, 3.8) is 0 Å². The van der Waals surface area contributed by atoms with Gasteiger partial charge in [-0.05, 0) is 51.0 Å². The van der Waals surface area contributed by atoms with Crippen molar-refractivity contribution in [3.8, 4) is 0 Å². The topological polar surface area (TPSA) is 247 Å². The quantitative estimate of drug-likeness (QED) is 0.108. The summed E-state index contributed by atoms with van der Waals surface area (Å²) >= 11 is 0. The second-order valence-electron chi connectivity index (χ2n) is 11.8. The number of carbonyl (C=O) groups is 6. The first kappa shape index (κ1) is 42.1. The number of nitrogens with zero attached hydrogens (tertiary/aromatic N) is 1. The second-order valence-corrected chi connectivity index (χ2v) is 11.8. The minimum Gasteiger partial charge on any atom is -0.475 e. The maximum absolute atomic E-state index is 13.6. The Morgan fingerprint density at radius 2 is 1.59 bits per heavy atom. The maximum Gasteiger partial charge on any atom is 0.490 e. The van der Waals surface area contributed by atoms with Gasteiger partial charge in [-0.15, -0.1) is 0 Å². The van der Waals surface area contributed by atoms with E-state index in [4.69, 9.17) is 21.4 Å². The predicted octanol–water partition coefficient (Wildman–Crippen LogP) is 0.741. The monoisotopic (exact) mass is 700 g/mol. The van der Waals surface area contributed by atoms with Crippen molar-refractivity contribution >= 4 is 41.5 Å². The average molecular weight is 701 g/mol. The highest BCUT2D eigenvalue weighted by Gasteiger charge is 2.39. The lowest BCUT2D eigenvalue weighted by Crippen LogP contribution is -2.62. The molecule has 2 rings (SSSR count). The van der Waals surface area contributed by atoms with Gasteiger partial charge < -0.3 is 43.2 Å². The van der Waals surface area contributed by atoms with Gasteiger partial charge in [0.25, 0.3) is 0 Å². The van der Waals surface area contributed by atoms with Gasteiger partial charge in [0.05, 0.1) is 0 Å². The summed E-state index contributed by atoms with van der Waals surface area (Å²) in [5.41, 5.74) is 10.1. The molecule has 15 nitrogen and oxygen atoms in total. The highest BCUT2D eigenvalue weighted by molar-refractivity contribution is 5.97. The third kappa shape index (κ3) is 14.8. The highest BCUT2D eigenvalue weighted by Crippen LogP contribution is 2.18. The van der Waals surface area contributed by atoms with E-state index in [1.807, 2.05) is 6.07 Å². The molecule has 10 N–H and O–H groups in total. The zero-order valence-electron chi connectivity index (χ0n) is 28.0. The van der Waals surface area contributed by atoms with Crippen LogP contribution in [-0.2, 0) is 28.8 Å². The Bertz CT molecular complexity index is 1320. The van der Waals surface area contributed by atoms with Crippen molar-refractivity contribution in [2.45, 2.75) is 96.1 Å². The molecule has 4 unspecified atom stereocenters. The molecule has 0 spiro atoms. The third-order valence-corrected chi connectivity index (χ3v) is 7.36. The second kappa shape index (κ2) is 19.8. The Kier molecular flexibility index (Phi) is 17.0. The molecule has 4 atom stereocenters. The number of hydrogen-bond donors (Lipinski definition) is 8. The van der Waals surface area contributed by atoms with Crippen LogP contribution in [0.5, 0.6) is 0 Å². The normalized spacial score (nSPS) is 22.7. The Hall–Kier alpha value is -4.90. The molecular weight excluding hydrogens is 653 g/mol. The molecule has 1 aliphatic rings. The minimum atomic E-state index is -5.08. The fraction of sp³-hybridized carbons (Fsp3) is 0.581. The van der Waals surface area contributed by atoms with Crippen LogP contribution in [0.15, 0.2) is 35.3 Å². The van der Waals surface area contributed by atoms with Crippen LogP contribution < -0.4 is 38.1 Å². The molecule has 5 amide bonds. The molecular formula is C31H47F3N8O7. The molecule has 1 fully saturated rings.